The van der Waals surface area contributed by atoms with Gasteiger partial charge in [0, 0.05) is 16.7 Å². The minimum absolute atomic E-state index is 0.0665. The smallest absolute Gasteiger partial charge is 0.283 e. The van der Waals surface area contributed by atoms with Crippen LogP contribution in [0.1, 0.15) is 41.0 Å². The van der Waals surface area contributed by atoms with Crippen molar-refractivity contribution in [2.24, 2.45) is 16.1 Å². The van der Waals surface area contributed by atoms with E-state index in [2.05, 4.69) is 20.3 Å². The summed E-state index contributed by atoms with van der Waals surface area (Å²) in [6, 6.07) is 5.39. The molecule has 1 atom stereocenters. The van der Waals surface area contributed by atoms with Gasteiger partial charge in [-0.25, -0.2) is 18.8 Å². The first kappa shape index (κ1) is 17.8. The molecule has 2 spiro atoms. The number of carbonyl (C=O) groups excluding carboxylic acids is 1. The number of alkyl halides is 2. The van der Waals surface area contributed by atoms with Crippen molar-refractivity contribution in [2.75, 3.05) is 18.5 Å². The molecular formula is C19H17F2N5O3. The third-order valence-corrected chi connectivity index (χ3v) is 5.78. The van der Waals surface area contributed by atoms with Crippen LogP contribution in [0.5, 0.6) is 5.75 Å². The first-order chi connectivity index (χ1) is 13.9. The monoisotopic (exact) mass is 401 g/mol. The summed E-state index contributed by atoms with van der Waals surface area (Å²) in [6.07, 6.45) is 1.08. The van der Waals surface area contributed by atoms with E-state index in [1.807, 2.05) is 0 Å². The van der Waals surface area contributed by atoms with Gasteiger partial charge in [-0.05, 0) is 31.0 Å². The number of rotatable bonds is 3. The zero-order valence-corrected chi connectivity index (χ0v) is 15.2. The van der Waals surface area contributed by atoms with Crippen molar-refractivity contribution in [1.82, 2.24) is 9.97 Å². The molecule has 2 aliphatic heterocycles. The van der Waals surface area contributed by atoms with Gasteiger partial charge in [0.05, 0.1) is 19.0 Å². The number of ether oxygens (including phenoxy) is 2. The Labute approximate surface area is 164 Å². The number of halogens is 2. The minimum Gasteiger partial charge on any atom is -0.493 e. The highest BCUT2D eigenvalue weighted by Crippen LogP contribution is 2.65. The van der Waals surface area contributed by atoms with Crippen molar-refractivity contribution in [3.05, 3.63) is 47.5 Å². The molecule has 2 aromatic rings. The van der Waals surface area contributed by atoms with Gasteiger partial charge in [-0.3, -0.25) is 9.78 Å². The molecule has 1 unspecified atom stereocenters. The Hall–Kier alpha value is -3.30. The molecule has 10 heteroatoms. The number of hydrogen-bond donors (Lipinski definition) is 2. The van der Waals surface area contributed by atoms with Crippen LogP contribution in [0.3, 0.4) is 0 Å². The maximum Gasteiger partial charge on any atom is 0.283 e. The first-order valence-electron chi connectivity index (χ1n) is 9.09. The van der Waals surface area contributed by atoms with Crippen molar-refractivity contribution in [1.29, 1.82) is 0 Å². The van der Waals surface area contributed by atoms with E-state index in [1.54, 1.807) is 18.2 Å². The number of nitrogens with one attached hydrogen (secondary N) is 1. The molecule has 8 nitrogen and oxygen atoms in total. The molecule has 1 fully saturated rings. The molecule has 0 bridgehead atoms. The molecule has 5 rings (SSSR count). The van der Waals surface area contributed by atoms with E-state index in [-0.39, 0.29) is 17.1 Å². The predicted molar refractivity (Wildman–Crippen MR) is 97.8 cm³/mol. The van der Waals surface area contributed by atoms with Crippen molar-refractivity contribution in [3.63, 3.8) is 0 Å². The lowest BCUT2D eigenvalue weighted by Crippen LogP contribution is -2.44. The average Bonchev–Trinajstić information content (AvgIpc) is 3.41. The number of aliphatic imine (C=N–C) groups is 1. The number of amides is 1. The summed E-state index contributed by atoms with van der Waals surface area (Å²) < 4.78 is 36.6. The number of carbonyl (C=O) groups is 1. The molecule has 0 saturated heterocycles. The summed E-state index contributed by atoms with van der Waals surface area (Å²) in [5, 5.41) is 2.72. The number of benzene rings is 1. The fourth-order valence-electron chi connectivity index (χ4n) is 3.99. The lowest BCUT2D eigenvalue weighted by atomic mass is 9.74. The standard InChI is InChI=1S/C19H17F2N5O3/c20-15(21)12-6-24-13(7-23-12)16(27)25-10-1-2-14-11(5-10)19(9-29-17(22)26-19)18(3-4-18)8-28-14/h1-2,5-7,15H,3-4,8-9H2,(H2,22,26)(H,25,27). The quantitative estimate of drug-likeness (QED) is 0.817. The summed E-state index contributed by atoms with van der Waals surface area (Å²) in [4.78, 5) is 24.4. The molecule has 1 saturated carbocycles. The first-order valence-corrected chi connectivity index (χ1v) is 9.09. The summed E-state index contributed by atoms with van der Waals surface area (Å²) in [7, 11) is 0. The van der Waals surface area contributed by atoms with E-state index in [0.717, 1.165) is 30.8 Å². The Bertz CT molecular complexity index is 1020. The molecule has 150 valence electrons. The van der Waals surface area contributed by atoms with Crippen molar-refractivity contribution in [2.45, 2.75) is 24.8 Å². The number of nitrogens with two attached hydrogens (primary N) is 1. The Morgan fingerprint density at radius 2 is 2.00 bits per heavy atom. The number of hydrogen-bond acceptors (Lipinski definition) is 7. The van der Waals surface area contributed by atoms with Gasteiger partial charge >= 0.3 is 0 Å². The molecule has 29 heavy (non-hydrogen) atoms. The van der Waals surface area contributed by atoms with Gasteiger partial charge in [0.2, 0.25) is 0 Å². The highest BCUT2D eigenvalue weighted by atomic mass is 19.3. The van der Waals surface area contributed by atoms with Crippen LogP contribution >= 0.6 is 0 Å². The number of nitrogens with zero attached hydrogens (tertiary/aromatic N) is 3. The number of anilines is 1. The van der Waals surface area contributed by atoms with Crippen molar-refractivity contribution < 1.29 is 23.0 Å². The summed E-state index contributed by atoms with van der Waals surface area (Å²) in [6.45, 7) is 0.866. The second-order valence-corrected chi connectivity index (χ2v) is 7.46. The Kier molecular flexibility index (Phi) is 3.74. The third kappa shape index (κ3) is 2.70. The summed E-state index contributed by atoms with van der Waals surface area (Å²) in [5.41, 5.74) is 5.78. The molecule has 1 aromatic carbocycles. The topological polar surface area (TPSA) is 112 Å². The Morgan fingerprint density at radius 3 is 2.62 bits per heavy atom. The van der Waals surface area contributed by atoms with Crippen LogP contribution in [0.15, 0.2) is 35.6 Å². The van der Waals surface area contributed by atoms with Crippen LogP contribution < -0.4 is 15.8 Å². The van der Waals surface area contributed by atoms with Gasteiger partial charge in [0.1, 0.15) is 29.3 Å². The van der Waals surface area contributed by atoms with Crippen LogP contribution in [0.4, 0.5) is 14.5 Å². The fourth-order valence-corrected chi connectivity index (χ4v) is 3.99. The van der Waals surface area contributed by atoms with Gasteiger partial charge in [-0.1, -0.05) is 0 Å². The lowest BCUT2D eigenvalue weighted by Gasteiger charge is -2.39. The van der Waals surface area contributed by atoms with Gasteiger partial charge in [0.25, 0.3) is 18.4 Å². The van der Waals surface area contributed by atoms with Crippen molar-refractivity contribution in [3.8, 4) is 5.75 Å². The van der Waals surface area contributed by atoms with E-state index in [4.69, 9.17) is 15.2 Å². The summed E-state index contributed by atoms with van der Waals surface area (Å²) >= 11 is 0. The highest BCUT2D eigenvalue weighted by molar-refractivity contribution is 6.02. The number of fused-ring (bicyclic) bond motifs is 3. The predicted octanol–water partition coefficient (Wildman–Crippen LogP) is 2.38. The maximum atomic E-state index is 12.6. The molecule has 3 heterocycles. The fraction of sp³-hybridized carbons (Fsp3) is 0.368. The Balaban J connectivity index is 1.45. The second kappa shape index (κ2) is 6.10. The molecular weight excluding hydrogens is 384 g/mol. The van der Waals surface area contributed by atoms with E-state index in [0.29, 0.717) is 24.7 Å². The second-order valence-electron chi connectivity index (χ2n) is 7.46. The van der Waals surface area contributed by atoms with Gasteiger partial charge in [-0.15, -0.1) is 0 Å². The van der Waals surface area contributed by atoms with Crippen LogP contribution in [-0.4, -0.2) is 35.1 Å². The zero-order valence-electron chi connectivity index (χ0n) is 15.2. The van der Waals surface area contributed by atoms with Gasteiger partial charge in [0.15, 0.2) is 0 Å². The number of aromatic nitrogens is 2. The lowest BCUT2D eigenvalue weighted by molar-refractivity contribution is 0.0871. The van der Waals surface area contributed by atoms with Crippen molar-refractivity contribution >= 4 is 17.6 Å². The zero-order chi connectivity index (χ0) is 20.2. The van der Waals surface area contributed by atoms with E-state index >= 15 is 0 Å². The van der Waals surface area contributed by atoms with Gasteiger partial charge < -0.3 is 20.5 Å². The minimum atomic E-state index is -2.74. The van der Waals surface area contributed by atoms with Crippen LogP contribution in [0.25, 0.3) is 0 Å². The average molecular weight is 401 g/mol. The molecule has 1 aliphatic carbocycles. The van der Waals surface area contributed by atoms with E-state index in [1.165, 1.54) is 0 Å². The molecule has 1 amide bonds. The van der Waals surface area contributed by atoms with Crippen LogP contribution in [-0.2, 0) is 10.3 Å². The molecule has 3 aliphatic rings. The van der Waals surface area contributed by atoms with Gasteiger partial charge in [-0.2, -0.15) is 0 Å². The normalized spacial score (nSPS) is 23.3. The maximum absolute atomic E-state index is 12.6. The molecule has 1 aromatic heterocycles. The van der Waals surface area contributed by atoms with Crippen LogP contribution in [0, 0.1) is 5.41 Å². The SMILES string of the molecule is NC1=NC2(CO1)c1cc(NC(=O)c3cnc(C(F)F)cn3)ccc1OCC21CC1. The third-order valence-electron chi connectivity index (χ3n) is 5.78. The van der Waals surface area contributed by atoms with E-state index in [9.17, 15) is 13.6 Å². The summed E-state index contributed by atoms with van der Waals surface area (Å²) in [5.74, 6) is 0.111. The highest BCUT2D eigenvalue weighted by Gasteiger charge is 2.66. The molecule has 0 radical (unpaired) electrons. The Morgan fingerprint density at radius 1 is 1.17 bits per heavy atom. The van der Waals surface area contributed by atoms with Crippen LogP contribution in [0.2, 0.25) is 0 Å². The largest absolute Gasteiger partial charge is 0.493 e. The van der Waals surface area contributed by atoms with E-state index < -0.39 is 23.6 Å². The molecule has 3 N–H and O–H groups in total. The number of amidine groups is 1.